The highest BCUT2D eigenvalue weighted by Gasteiger charge is 2.26. The number of nitrogens with zero attached hydrogens (tertiary/aromatic N) is 1. The zero-order chi connectivity index (χ0) is 15.2. The van der Waals surface area contributed by atoms with Crippen LogP contribution in [0.2, 0.25) is 0 Å². The standard InChI is InChI=1S/C17H20BrNO2/c1-11-8-12-14(20)10-15(21-16(12)13(18)9-11)19-6-4-17(2,3)5-7-19/h8-10H,4-7H2,1-3H3. The molecule has 1 aromatic carbocycles. The second kappa shape index (κ2) is 5.16. The number of anilines is 1. The first kappa shape index (κ1) is 14.6. The van der Waals surface area contributed by atoms with Gasteiger partial charge in [0.2, 0.25) is 0 Å². The summed E-state index contributed by atoms with van der Waals surface area (Å²) in [7, 11) is 0. The Kier molecular flexibility index (Phi) is 3.60. The quantitative estimate of drug-likeness (QED) is 0.760. The van der Waals surface area contributed by atoms with Gasteiger partial charge >= 0.3 is 0 Å². The van der Waals surface area contributed by atoms with Gasteiger partial charge < -0.3 is 9.32 Å². The van der Waals surface area contributed by atoms with Gasteiger partial charge in [-0.25, -0.2) is 0 Å². The van der Waals surface area contributed by atoms with E-state index in [0.717, 1.165) is 36.0 Å². The van der Waals surface area contributed by atoms with Crippen molar-refractivity contribution in [2.24, 2.45) is 5.41 Å². The van der Waals surface area contributed by atoms with Crippen LogP contribution in [0, 0.1) is 12.3 Å². The SMILES string of the molecule is Cc1cc(Br)c2oc(N3CCC(C)(C)CC3)cc(=O)c2c1. The summed E-state index contributed by atoms with van der Waals surface area (Å²) in [4.78, 5) is 14.5. The van der Waals surface area contributed by atoms with Crippen LogP contribution < -0.4 is 10.3 Å². The van der Waals surface area contributed by atoms with Gasteiger partial charge in [-0.3, -0.25) is 4.79 Å². The van der Waals surface area contributed by atoms with Crippen LogP contribution in [0.5, 0.6) is 0 Å². The molecule has 0 spiro atoms. The largest absolute Gasteiger partial charge is 0.439 e. The van der Waals surface area contributed by atoms with Crippen molar-refractivity contribution in [2.45, 2.75) is 33.6 Å². The summed E-state index contributed by atoms with van der Waals surface area (Å²) in [5.74, 6) is 0.688. The maximum Gasteiger partial charge on any atom is 0.200 e. The molecular formula is C17H20BrNO2. The van der Waals surface area contributed by atoms with Gasteiger partial charge in [-0.05, 0) is 58.8 Å². The van der Waals surface area contributed by atoms with Crippen molar-refractivity contribution in [3.8, 4) is 0 Å². The molecule has 2 aromatic rings. The number of hydrogen-bond acceptors (Lipinski definition) is 3. The number of piperidine rings is 1. The molecule has 0 N–H and O–H groups in total. The molecule has 1 aliphatic rings. The number of fused-ring (bicyclic) bond motifs is 1. The predicted octanol–water partition coefficient (Wildman–Crippen LogP) is 4.49. The van der Waals surface area contributed by atoms with Gasteiger partial charge in [-0.2, -0.15) is 0 Å². The molecule has 0 radical (unpaired) electrons. The Morgan fingerprint density at radius 1 is 1.19 bits per heavy atom. The third-order valence-corrected chi connectivity index (χ3v) is 4.93. The average Bonchev–Trinajstić information content (AvgIpc) is 2.40. The Balaban J connectivity index is 2.04. The molecule has 0 unspecified atom stereocenters. The van der Waals surface area contributed by atoms with Gasteiger partial charge in [0, 0.05) is 19.2 Å². The Morgan fingerprint density at radius 2 is 1.86 bits per heavy atom. The van der Waals surface area contributed by atoms with E-state index in [0.29, 0.717) is 22.3 Å². The van der Waals surface area contributed by atoms with Gasteiger partial charge in [0.25, 0.3) is 0 Å². The number of rotatable bonds is 1. The summed E-state index contributed by atoms with van der Waals surface area (Å²) in [6.45, 7) is 8.43. The lowest BCUT2D eigenvalue weighted by atomic mass is 9.83. The van der Waals surface area contributed by atoms with E-state index < -0.39 is 0 Å². The monoisotopic (exact) mass is 349 g/mol. The summed E-state index contributed by atoms with van der Waals surface area (Å²) in [5.41, 5.74) is 2.10. The van der Waals surface area contributed by atoms with Crippen molar-refractivity contribution in [3.05, 3.63) is 38.5 Å². The number of benzene rings is 1. The van der Waals surface area contributed by atoms with Crippen LogP contribution in [0.1, 0.15) is 32.3 Å². The van der Waals surface area contributed by atoms with E-state index in [1.165, 1.54) is 0 Å². The van der Waals surface area contributed by atoms with Crippen LogP contribution in [-0.2, 0) is 0 Å². The molecule has 1 fully saturated rings. The molecule has 0 atom stereocenters. The molecule has 0 saturated carbocycles. The van der Waals surface area contributed by atoms with Crippen molar-refractivity contribution < 1.29 is 4.42 Å². The minimum absolute atomic E-state index is 0.0282. The molecule has 3 nitrogen and oxygen atoms in total. The third kappa shape index (κ3) is 2.86. The van der Waals surface area contributed by atoms with E-state index in [1.807, 2.05) is 19.1 Å². The molecule has 2 heterocycles. The number of hydrogen-bond donors (Lipinski definition) is 0. The summed E-state index contributed by atoms with van der Waals surface area (Å²) in [5, 5.41) is 0.642. The zero-order valence-corrected chi connectivity index (χ0v) is 14.3. The van der Waals surface area contributed by atoms with Crippen LogP contribution in [0.3, 0.4) is 0 Å². The lowest BCUT2D eigenvalue weighted by Gasteiger charge is -2.37. The van der Waals surface area contributed by atoms with Crippen molar-refractivity contribution >= 4 is 32.8 Å². The van der Waals surface area contributed by atoms with Gasteiger partial charge in [0.1, 0.15) is 0 Å². The summed E-state index contributed by atoms with van der Waals surface area (Å²) in [6.07, 6.45) is 2.23. The van der Waals surface area contributed by atoms with E-state index >= 15 is 0 Å². The van der Waals surface area contributed by atoms with E-state index in [1.54, 1.807) is 6.07 Å². The molecule has 0 aliphatic carbocycles. The fraction of sp³-hybridized carbons (Fsp3) is 0.471. The first-order chi connectivity index (χ1) is 9.85. The molecule has 4 heteroatoms. The lowest BCUT2D eigenvalue weighted by Crippen LogP contribution is -2.37. The van der Waals surface area contributed by atoms with Gasteiger partial charge in [-0.1, -0.05) is 13.8 Å². The maximum atomic E-state index is 12.4. The highest BCUT2D eigenvalue weighted by atomic mass is 79.9. The number of aryl methyl sites for hydroxylation is 1. The maximum absolute atomic E-state index is 12.4. The van der Waals surface area contributed by atoms with E-state index in [4.69, 9.17) is 4.42 Å². The Hall–Kier alpha value is -1.29. The van der Waals surface area contributed by atoms with Crippen molar-refractivity contribution in [1.82, 2.24) is 0 Å². The minimum Gasteiger partial charge on any atom is -0.439 e. The Labute approximate surface area is 133 Å². The smallest absolute Gasteiger partial charge is 0.200 e. The lowest BCUT2D eigenvalue weighted by molar-refractivity contribution is 0.274. The third-order valence-electron chi connectivity index (χ3n) is 4.34. The summed E-state index contributed by atoms with van der Waals surface area (Å²) in [6, 6.07) is 5.50. The fourth-order valence-electron chi connectivity index (χ4n) is 2.83. The molecule has 1 saturated heterocycles. The van der Waals surface area contributed by atoms with Gasteiger partial charge in [-0.15, -0.1) is 0 Å². The van der Waals surface area contributed by atoms with Crippen LogP contribution in [-0.4, -0.2) is 13.1 Å². The topological polar surface area (TPSA) is 33.5 Å². The first-order valence-corrected chi connectivity index (χ1v) is 8.14. The van der Waals surface area contributed by atoms with Crippen molar-refractivity contribution in [3.63, 3.8) is 0 Å². The average molecular weight is 350 g/mol. The predicted molar refractivity (Wildman–Crippen MR) is 90.1 cm³/mol. The molecule has 1 aromatic heterocycles. The highest BCUT2D eigenvalue weighted by molar-refractivity contribution is 9.10. The second-order valence-corrected chi connectivity index (χ2v) is 7.58. The molecular weight excluding hydrogens is 330 g/mol. The first-order valence-electron chi connectivity index (χ1n) is 7.35. The molecule has 0 bridgehead atoms. The number of halogens is 1. The van der Waals surface area contributed by atoms with Crippen LogP contribution >= 0.6 is 15.9 Å². The Morgan fingerprint density at radius 3 is 2.52 bits per heavy atom. The normalized spacial score (nSPS) is 18.2. The van der Waals surface area contributed by atoms with Crippen LogP contribution in [0.15, 0.2) is 31.9 Å². The zero-order valence-electron chi connectivity index (χ0n) is 12.7. The molecule has 0 amide bonds. The van der Waals surface area contributed by atoms with Gasteiger partial charge in [0.15, 0.2) is 16.9 Å². The molecule has 3 rings (SSSR count). The van der Waals surface area contributed by atoms with Crippen molar-refractivity contribution in [2.75, 3.05) is 18.0 Å². The van der Waals surface area contributed by atoms with Crippen LogP contribution in [0.25, 0.3) is 11.0 Å². The molecule has 21 heavy (non-hydrogen) atoms. The van der Waals surface area contributed by atoms with E-state index in [-0.39, 0.29) is 5.43 Å². The summed E-state index contributed by atoms with van der Waals surface area (Å²) >= 11 is 3.51. The van der Waals surface area contributed by atoms with E-state index in [9.17, 15) is 4.79 Å². The highest BCUT2D eigenvalue weighted by Crippen LogP contribution is 2.33. The second-order valence-electron chi connectivity index (χ2n) is 6.72. The molecule has 112 valence electrons. The van der Waals surface area contributed by atoms with Crippen molar-refractivity contribution in [1.29, 1.82) is 0 Å². The van der Waals surface area contributed by atoms with E-state index in [2.05, 4.69) is 34.7 Å². The summed E-state index contributed by atoms with van der Waals surface area (Å²) < 4.78 is 6.86. The van der Waals surface area contributed by atoms with Crippen LogP contribution in [0.4, 0.5) is 5.88 Å². The molecule has 1 aliphatic heterocycles. The van der Waals surface area contributed by atoms with Gasteiger partial charge in [0.05, 0.1) is 9.86 Å². The minimum atomic E-state index is 0.0282. The fourth-order valence-corrected chi connectivity index (χ4v) is 3.48. The Bertz CT molecular complexity index is 738.